The van der Waals surface area contributed by atoms with E-state index in [1.165, 1.54) is 19.2 Å². The summed E-state index contributed by atoms with van der Waals surface area (Å²) in [5.74, 6) is 0.0785. The van der Waals surface area contributed by atoms with Gasteiger partial charge in [0.1, 0.15) is 12.4 Å². The summed E-state index contributed by atoms with van der Waals surface area (Å²) in [4.78, 5) is 29.0. The zero-order valence-corrected chi connectivity index (χ0v) is 18.7. The first-order valence-corrected chi connectivity index (χ1v) is 10.7. The van der Waals surface area contributed by atoms with Crippen molar-refractivity contribution < 1.29 is 28.2 Å². The van der Waals surface area contributed by atoms with Gasteiger partial charge in [-0.2, -0.15) is 0 Å². The number of aromatic nitrogens is 1. The molecule has 0 unspecified atom stereocenters. The molecule has 35 heavy (non-hydrogen) atoms. The van der Waals surface area contributed by atoms with Crippen molar-refractivity contribution in [1.82, 2.24) is 10.3 Å². The van der Waals surface area contributed by atoms with E-state index in [4.69, 9.17) is 14.2 Å². The van der Waals surface area contributed by atoms with Crippen LogP contribution in [0.1, 0.15) is 5.56 Å². The van der Waals surface area contributed by atoms with Crippen LogP contribution >= 0.6 is 0 Å². The van der Waals surface area contributed by atoms with Gasteiger partial charge in [0.05, 0.1) is 24.9 Å². The number of ether oxygens (including phenoxy) is 3. The molecule has 0 radical (unpaired) electrons. The Morgan fingerprint density at radius 3 is 2.51 bits per heavy atom. The van der Waals surface area contributed by atoms with E-state index in [-0.39, 0.29) is 18.0 Å². The van der Waals surface area contributed by atoms with Crippen molar-refractivity contribution in [2.45, 2.75) is 6.61 Å². The van der Waals surface area contributed by atoms with Crippen LogP contribution in [0, 0.1) is 5.82 Å². The SMILES string of the molecule is COc1cc2c(Oc3ccc(N4C(=O)CNC4=O)cc3F)ccnc2cc1OCc1ccccc1. The van der Waals surface area contributed by atoms with E-state index in [0.717, 1.165) is 16.5 Å². The van der Waals surface area contributed by atoms with Crippen LogP contribution in [0.15, 0.2) is 72.9 Å². The van der Waals surface area contributed by atoms with Crippen LogP contribution in [0.5, 0.6) is 23.0 Å². The summed E-state index contributed by atoms with van der Waals surface area (Å²) in [6, 6.07) is 18.1. The third-order valence-corrected chi connectivity index (χ3v) is 5.46. The monoisotopic (exact) mass is 473 g/mol. The van der Waals surface area contributed by atoms with Gasteiger partial charge >= 0.3 is 6.03 Å². The minimum absolute atomic E-state index is 0.0725. The molecule has 2 heterocycles. The van der Waals surface area contributed by atoms with Gasteiger partial charge in [-0.25, -0.2) is 14.1 Å². The Bertz CT molecular complexity index is 1410. The molecule has 1 aromatic heterocycles. The van der Waals surface area contributed by atoms with E-state index >= 15 is 0 Å². The predicted molar refractivity (Wildman–Crippen MR) is 126 cm³/mol. The lowest BCUT2D eigenvalue weighted by Gasteiger charge is -2.16. The van der Waals surface area contributed by atoms with Crippen LogP contribution < -0.4 is 24.4 Å². The number of carbonyl (C=O) groups is 2. The fourth-order valence-corrected chi connectivity index (χ4v) is 3.74. The lowest BCUT2D eigenvalue weighted by atomic mass is 10.1. The summed E-state index contributed by atoms with van der Waals surface area (Å²) >= 11 is 0. The standard InChI is InChI=1S/C26H20FN3O5/c1-33-23-12-18-20(13-24(23)34-15-16-5-3-2-4-6-16)28-10-9-21(18)35-22-8-7-17(11-19(22)27)30-25(31)14-29-26(30)32/h2-13H,14-15H2,1H3,(H,29,32). The van der Waals surface area contributed by atoms with Gasteiger partial charge in [0.2, 0.25) is 0 Å². The average molecular weight is 473 g/mol. The van der Waals surface area contributed by atoms with Gasteiger partial charge in [0.15, 0.2) is 23.1 Å². The Hall–Kier alpha value is -4.66. The first kappa shape index (κ1) is 22.1. The van der Waals surface area contributed by atoms with Crippen LogP contribution in [0.2, 0.25) is 0 Å². The van der Waals surface area contributed by atoms with Crippen LogP contribution in [0.25, 0.3) is 10.9 Å². The van der Waals surface area contributed by atoms with Crippen LogP contribution in [-0.2, 0) is 11.4 Å². The zero-order valence-electron chi connectivity index (χ0n) is 18.7. The molecule has 8 nitrogen and oxygen atoms in total. The third-order valence-electron chi connectivity index (χ3n) is 5.46. The maximum absolute atomic E-state index is 14.9. The molecule has 0 atom stereocenters. The van der Waals surface area contributed by atoms with E-state index in [9.17, 15) is 14.0 Å². The summed E-state index contributed by atoms with van der Waals surface area (Å²) in [7, 11) is 1.53. The summed E-state index contributed by atoms with van der Waals surface area (Å²) < 4.78 is 32.2. The summed E-state index contributed by atoms with van der Waals surface area (Å²) in [6.07, 6.45) is 1.55. The van der Waals surface area contributed by atoms with Crippen LogP contribution in [0.4, 0.5) is 14.9 Å². The highest BCUT2D eigenvalue weighted by atomic mass is 19.1. The fraction of sp³-hybridized carbons (Fsp3) is 0.115. The van der Waals surface area contributed by atoms with E-state index < -0.39 is 17.8 Å². The number of halogens is 1. The van der Waals surface area contributed by atoms with Gasteiger partial charge < -0.3 is 19.5 Å². The first-order valence-electron chi connectivity index (χ1n) is 10.7. The Morgan fingerprint density at radius 1 is 0.971 bits per heavy atom. The topological polar surface area (TPSA) is 90.0 Å². The average Bonchev–Trinajstić information content (AvgIpc) is 3.21. The highest BCUT2D eigenvalue weighted by molar-refractivity contribution is 6.19. The molecular formula is C26H20FN3O5. The molecule has 176 valence electrons. The van der Waals surface area contributed by atoms with E-state index in [1.54, 1.807) is 24.4 Å². The van der Waals surface area contributed by atoms with E-state index in [0.29, 0.717) is 34.8 Å². The van der Waals surface area contributed by atoms with Gasteiger partial charge in [0, 0.05) is 23.7 Å². The van der Waals surface area contributed by atoms with E-state index in [1.807, 2.05) is 30.3 Å². The second-order valence-corrected chi connectivity index (χ2v) is 7.71. The van der Waals surface area contributed by atoms with Gasteiger partial charge in [0.25, 0.3) is 5.91 Å². The van der Waals surface area contributed by atoms with Crippen LogP contribution in [-0.4, -0.2) is 30.6 Å². The largest absolute Gasteiger partial charge is 0.493 e. The number of fused-ring (bicyclic) bond motifs is 1. The number of nitrogens with one attached hydrogen (secondary N) is 1. The minimum atomic E-state index is -0.727. The number of hydrogen-bond acceptors (Lipinski definition) is 6. The lowest BCUT2D eigenvalue weighted by molar-refractivity contribution is -0.115. The second kappa shape index (κ2) is 9.30. The number of hydrogen-bond donors (Lipinski definition) is 1. The maximum Gasteiger partial charge on any atom is 0.329 e. The first-order chi connectivity index (χ1) is 17.0. The zero-order chi connectivity index (χ0) is 24.4. The summed E-state index contributed by atoms with van der Waals surface area (Å²) in [6.45, 7) is 0.231. The lowest BCUT2D eigenvalue weighted by Crippen LogP contribution is -2.30. The molecule has 3 aromatic carbocycles. The van der Waals surface area contributed by atoms with Crippen molar-refractivity contribution >= 4 is 28.5 Å². The normalized spacial score (nSPS) is 13.1. The quantitative estimate of drug-likeness (QED) is 0.388. The molecule has 1 N–H and O–H groups in total. The number of amides is 3. The Morgan fingerprint density at radius 2 is 1.80 bits per heavy atom. The molecule has 0 bridgehead atoms. The van der Waals surface area contributed by atoms with Crippen molar-refractivity contribution in [1.29, 1.82) is 0 Å². The molecule has 9 heteroatoms. The van der Waals surface area contributed by atoms with Gasteiger partial charge in [-0.05, 0) is 29.8 Å². The molecule has 1 aliphatic rings. The second-order valence-electron chi connectivity index (χ2n) is 7.71. The molecule has 0 saturated carbocycles. The highest BCUT2D eigenvalue weighted by Crippen LogP contribution is 2.38. The smallest absolute Gasteiger partial charge is 0.329 e. The van der Waals surface area contributed by atoms with Crippen molar-refractivity contribution in [3.63, 3.8) is 0 Å². The van der Waals surface area contributed by atoms with Crippen molar-refractivity contribution in [2.24, 2.45) is 0 Å². The Balaban J connectivity index is 1.43. The summed E-state index contributed by atoms with van der Waals surface area (Å²) in [5, 5.41) is 2.99. The number of pyridine rings is 1. The maximum atomic E-state index is 14.9. The number of nitrogens with zero attached hydrogens (tertiary/aromatic N) is 2. The van der Waals surface area contributed by atoms with Crippen molar-refractivity contribution in [3.05, 3.63) is 84.3 Å². The highest BCUT2D eigenvalue weighted by Gasteiger charge is 2.30. The fourth-order valence-electron chi connectivity index (χ4n) is 3.74. The Kier molecular flexibility index (Phi) is 5.88. The Labute approximate surface area is 199 Å². The third kappa shape index (κ3) is 4.43. The molecule has 0 aliphatic carbocycles. The molecule has 3 amide bonds. The number of carbonyl (C=O) groups excluding carboxylic acids is 2. The number of urea groups is 1. The molecule has 1 aliphatic heterocycles. The molecule has 5 rings (SSSR count). The van der Waals surface area contributed by atoms with Gasteiger partial charge in [-0.15, -0.1) is 0 Å². The molecule has 0 spiro atoms. The summed E-state index contributed by atoms with van der Waals surface area (Å²) in [5.41, 5.74) is 1.70. The molecule has 4 aromatic rings. The van der Waals surface area contributed by atoms with Crippen molar-refractivity contribution in [3.8, 4) is 23.0 Å². The molecular weight excluding hydrogens is 453 g/mol. The van der Waals surface area contributed by atoms with Crippen molar-refractivity contribution in [2.75, 3.05) is 18.6 Å². The number of imide groups is 1. The molecule has 1 saturated heterocycles. The van der Waals surface area contributed by atoms with E-state index in [2.05, 4.69) is 10.3 Å². The number of benzene rings is 3. The predicted octanol–water partition coefficient (Wildman–Crippen LogP) is 4.81. The molecule has 1 fully saturated rings. The van der Waals surface area contributed by atoms with Gasteiger partial charge in [-0.3, -0.25) is 9.78 Å². The number of rotatable bonds is 7. The minimum Gasteiger partial charge on any atom is -0.493 e. The number of methoxy groups -OCH3 is 1. The van der Waals surface area contributed by atoms with Gasteiger partial charge in [-0.1, -0.05) is 30.3 Å². The van der Waals surface area contributed by atoms with Crippen LogP contribution in [0.3, 0.4) is 0 Å². The number of anilines is 1.